The van der Waals surface area contributed by atoms with E-state index in [2.05, 4.69) is 6.92 Å². The Morgan fingerprint density at radius 3 is 2.69 bits per heavy atom. The fourth-order valence-electron chi connectivity index (χ4n) is 1.37. The standard InChI is InChI=1S/C11H16O2/c1-4-5-8(2)11(12)10-7-6-9(3)13-10/h6-8H,4-5H2,1-3H3. The Kier molecular flexibility index (Phi) is 3.29. The molecule has 0 saturated carbocycles. The highest BCUT2D eigenvalue weighted by atomic mass is 16.3. The number of hydrogen-bond donors (Lipinski definition) is 0. The van der Waals surface area contributed by atoms with Gasteiger partial charge in [0, 0.05) is 5.92 Å². The molecule has 0 fully saturated rings. The molecule has 1 rings (SSSR count). The fraction of sp³-hybridized carbons (Fsp3) is 0.545. The zero-order valence-corrected chi connectivity index (χ0v) is 8.46. The molecule has 0 saturated heterocycles. The normalized spacial score (nSPS) is 12.8. The first-order valence-corrected chi connectivity index (χ1v) is 4.75. The van der Waals surface area contributed by atoms with Crippen molar-refractivity contribution < 1.29 is 9.21 Å². The fourth-order valence-corrected chi connectivity index (χ4v) is 1.37. The summed E-state index contributed by atoms with van der Waals surface area (Å²) in [6, 6.07) is 3.58. The van der Waals surface area contributed by atoms with Crippen LogP contribution in [0.4, 0.5) is 0 Å². The smallest absolute Gasteiger partial charge is 0.200 e. The van der Waals surface area contributed by atoms with Crippen LogP contribution in [0.5, 0.6) is 0 Å². The third kappa shape index (κ3) is 2.44. The molecule has 1 heterocycles. The number of furan rings is 1. The van der Waals surface area contributed by atoms with Gasteiger partial charge in [-0.1, -0.05) is 20.3 Å². The van der Waals surface area contributed by atoms with Crippen molar-refractivity contribution in [2.75, 3.05) is 0 Å². The number of ketones is 1. The van der Waals surface area contributed by atoms with E-state index in [9.17, 15) is 4.79 Å². The quantitative estimate of drug-likeness (QED) is 0.666. The highest BCUT2D eigenvalue weighted by Crippen LogP contribution is 2.15. The van der Waals surface area contributed by atoms with Crippen LogP contribution in [-0.2, 0) is 0 Å². The lowest BCUT2D eigenvalue weighted by molar-refractivity contribution is 0.0894. The van der Waals surface area contributed by atoms with Crippen LogP contribution < -0.4 is 0 Å². The van der Waals surface area contributed by atoms with Crippen molar-refractivity contribution in [3.8, 4) is 0 Å². The maximum absolute atomic E-state index is 11.7. The minimum absolute atomic E-state index is 0.0792. The molecule has 1 aromatic heterocycles. The summed E-state index contributed by atoms with van der Waals surface area (Å²) in [5.41, 5.74) is 0. The summed E-state index contributed by atoms with van der Waals surface area (Å²) < 4.78 is 5.26. The van der Waals surface area contributed by atoms with Crippen LogP contribution >= 0.6 is 0 Å². The van der Waals surface area contributed by atoms with Crippen LogP contribution in [-0.4, -0.2) is 5.78 Å². The Bertz CT molecular complexity index is 286. The van der Waals surface area contributed by atoms with Crippen molar-refractivity contribution in [3.05, 3.63) is 23.7 Å². The van der Waals surface area contributed by atoms with Crippen molar-refractivity contribution in [1.82, 2.24) is 0 Å². The molecule has 0 aliphatic heterocycles. The van der Waals surface area contributed by atoms with Gasteiger partial charge in [0.2, 0.25) is 5.78 Å². The molecule has 2 heteroatoms. The lowest BCUT2D eigenvalue weighted by atomic mass is 9.99. The molecule has 0 aromatic carbocycles. The molecule has 13 heavy (non-hydrogen) atoms. The zero-order chi connectivity index (χ0) is 9.84. The second-order valence-corrected chi connectivity index (χ2v) is 3.46. The van der Waals surface area contributed by atoms with Gasteiger partial charge in [0.15, 0.2) is 5.76 Å². The topological polar surface area (TPSA) is 30.2 Å². The van der Waals surface area contributed by atoms with E-state index in [0.29, 0.717) is 5.76 Å². The highest BCUT2D eigenvalue weighted by Gasteiger charge is 2.16. The predicted molar refractivity (Wildman–Crippen MR) is 51.8 cm³/mol. The average Bonchev–Trinajstić information content (AvgIpc) is 2.51. The summed E-state index contributed by atoms with van der Waals surface area (Å²) in [5, 5.41) is 0. The lowest BCUT2D eigenvalue weighted by Gasteiger charge is -2.05. The molecule has 0 amide bonds. The maximum Gasteiger partial charge on any atom is 0.200 e. The molecular formula is C11H16O2. The molecule has 2 nitrogen and oxygen atoms in total. The lowest BCUT2D eigenvalue weighted by Crippen LogP contribution is -2.09. The Morgan fingerprint density at radius 1 is 1.54 bits per heavy atom. The van der Waals surface area contributed by atoms with Crippen LogP contribution in [0.3, 0.4) is 0 Å². The van der Waals surface area contributed by atoms with Crippen molar-refractivity contribution in [1.29, 1.82) is 0 Å². The molecule has 1 atom stereocenters. The van der Waals surface area contributed by atoms with Gasteiger partial charge < -0.3 is 4.42 Å². The Labute approximate surface area is 78.9 Å². The van der Waals surface area contributed by atoms with Crippen LogP contribution in [0, 0.1) is 12.8 Å². The first-order valence-electron chi connectivity index (χ1n) is 4.75. The van der Waals surface area contributed by atoms with E-state index >= 15 is 0 Å². The Morgan fingerprint density at radius 2 is 2.23 bits per heavy atom. The van der Waals surface area contributed by atoms with Gasteiger partial charge in [0.25, 0.3) is 0 Å². The number of carbonyl (C=O) groups excluding carboxylic acids is 1. The third-order valence-electron chi connectivity index (χ3n) is 2.15. The summed E-state index contributed by atoms with van der Waals surface area (Å²) in [6.07, 6.45) is 1.96. The molecule has 0 N–H and O–H groups in total. The molecule has 1 unspecified atom stereocenters. The number of aryl methyl sites for hydroxylation is 1. The number of Topliss-reactive ketones (excluding diaryl/α,β-unsaturated/α-hetero) is 1. The average molecular weight is 180 g/mol. The maximum atomic E-state index is 11.7. The first-order chi connectivity index (χ1) is 6.15. The molecule has 1 aromatic rings. The highest BCUT2D eigenvalue weighted by molar-refractivity contribution is 5.95. The molecule has 0 spiro atoms. The van der Waals surface area contributed by atoms with E-state index in [-0.39, 0.29) is 11.7 Å². The summed E-state index contributed by atoms with van der Waals surface area (Å²) in [4.78, 5) is 11.7. The molecule has 0 radical (unpaired) electrons. The van der Waals surface area contributed by atoms with Gasteiger partial charge in [0.1, 0.15) is 5.76 Å². The monoisotopic (exact) mass is 180 g/mol. The third-order valence-corrected chi connectivity index (χ3v) is 2.15. The second-order valence-electron chi connectivity index (χ2n) is 3.46. The molecular weight excluding hydrogens is 164 g/mol. The van der Waals surface area contributed by atoms with Crippen LogP contribution in [0.2, 0.25) is 0 Å². The van der Waals surface area contributed by atoms with E-state index in [4.69, 9.17) is 4.42 Å². The van der Waals surface area contributed by atoms with E-state index in [1.54, 1.807) is 6.07 Å². The summed E-state index contributed by atoms with van der Waals surface area (Å²) in [6.45, 7) is 5.88. The number of rotatable bonds is 4. The van der Waals surface area contributed by atoms with Gasteiger partial charge >= 0.3 is 0 Å². The summed E-state index contributed by atoms with van der Waals surface area (Å²) in [7, 11) is 0. The Hall–Kier alpha value is -1.05. The molecule has 72 valence electrons. The van der Waals surface area contributed by atoms with Crippen LogP contribution in [0.25, 0.3) is 0 Å². The van der Waals surface area contributed by atoms with Gasteiger partial charge in [-0.2, -0.15) is 0 Å². The van der Waals surface area contributed by atoms with Gasteiger partial charge in [-0.3, -0.25) is 4.79 Å². The van der Waals surface area contributed by atoms with Gasteiger partial charge in [0.05, 0.1) is 0 Å². The van der Waals surface area contributed by atoms with Crippen molar-refractivity contribution in [2.45, 2.75) is 33.6 Å². The SMILES string of the molecule is CCCC(C)C(=O)c1ccc(C)o1. The van der Waals surface area contributed by atoms with Crippen molar-refractivity contribution in [3.63, 3.8) is 0 Å². The largest absolute Gasteiger partial charge is 0.458 e. The van der Waals surface area contributed by atoms with Crippen molar-refractivity contribution >= 4 is 5.78 Å². The van der Waals surface area contributed by atoms with E-state index in [1.807, 2.05) is 19.9 Å². The number of carbonyl (C=O) groups is 1. The van der Waals surface area contributed by atoms with E-state index in [0.717, 1.165) is 18.6 Å². The molecule has 0 aliphatic rings. The molecule has 0 bridgehead atoms. The van der Waals surface area contributed by atoms with Crippen LogP contribution in [0.1, 0.15) is 43.0 Å². The summed E-state index contributed by atoms with van der Waals surface area (Å²) in [5.74, 6) is 1.50. The van der Waals surface area contributed by atoms with E-state index in [1.165, 1.54) is 0 Å². The van der Waals surface area contributed by atoms with Gasteiger partial charge in [-0.25, -0.2) is 0 Å². The van der Waals surface area contributed by atoms with Gasteiger partial charge in [-0.15, -0.1) is 0 Å². The second kappa shape index (κ2) is 4.26. The summed E-state index contributed by atoms with van der Waals surface area (Å²) >= 11 is 0. The minimum atomic E-state index is 0.0792. The minimum Gasteiger partial charge on any atom is -0.458 e. The van der Waals surface area contributed by atoms with Crippen molar-refractivity contribution in [2.24, 2.45) is 5.92 Å². The number of hydrogen-bond acceptors (Lipinski definition) is 2. The van der Waals surface area contributed by atoms with Crippen LogP contribution in [0.15, 0.2) is 16.5 Å². The zero-order valence-electron chi connectivity index (χ0n) is 8.46. The molecule has 0 aliphatic carbocycles. The van der Waals surface area contributed by atoms with Gasteiger partial charge in [-0.05, 0) is 25.5 Å². The predicted octanol–water partition coefficient (Wildman–Crippen LogP) is 3.21. The first kappa shape index (κ1) is 10.0. The Balaban J connectivity index is 2.67. The van der Waals surface area contributed by atoms with E-state index < -0.39 is 0 Å².